The van der Waals surface area contributed by atoms with Crippen LogP contribution in [0.15, 0.2) is 0 Å². The highest BCUT2D eigenvalue weighted by molar-refractivity contribution is 5.85. The summed E-state index contributed by atoms with van der Waals surface area (Å²) < 4.78 is 46.4. The summed E-state index contributed by atoms with van der Waals surface area (Å²) in [6.07, 6.45) is 0. The predicted octanol–water partition coefficient (Wildman–Crippen LogP) is 0.709. The Kier molecular flexibility index (Phi) is 1.78. The number of ether oxygens (including phenoxy) is 1. The Morgan fingerprint density at radius 3 is 2.60 bits per heavy atom. The van der Waals surface area contributed by atoms with Gasteiger partial charge in [0.2, 0.25) is 0 Å². The van der Waals surface area contributed by atoms with Gasteiger partial charge in [-0.05, 0) is 20.6 Å². The molecule has 62 valence electrons. The van der Waals surface area contributed by atoms with Crippen LogP contribution in [0.3, 0.4) is 0 Å². The van der Waals surface area contributed by atoms with Gasteiger partial charge in [0.05, 0.1) is 6.61 Å². The maximum Gasteiger partial charge on any atom is 0.325 e. The van der Waals surface area contributed by atoms with E-state index >= 15 is 0 Å². The molecule has 0 bridgehead atoms. The average molecular weight is 174 g/mol. The van der Waals surface area contributed by atoms with Crippen LogP contribution in [0.2, 0.25) is 0 Å². The quantitative estimate of drug-likeness (QED) is 0.626. The molecule has 0 rings (SSSR count). The molecule has 0 aliphatic carbocycles. The van der Waals surface area contributed by atoms with Crippen LogP contribution in [0.4, 0.5) is 0 Å². The Labute approximate surface area is 75.8 Å². The van der Waals surface area contributed by atoms with Crippen LogP contribution >= 0.6 is 12.4 Å². The fourth-order valence-corrected chi connectivity index (χ4v) is 0.245. The second kappa shape index (κ2) is 4.52. The molecule has 0 unspecified atom stereocenters. The summed E-state index contributed by atoms with van der Waals surface area (Å²) in [6, 6.07) is 0. The molecule has 0 saturated heterocycles. The lowest BCUT2D eigenvalue weighted by molar-refractivity contribution is -0.148. The van der Waals surface area contributed by atoms with Gasteiger partial charge in [-0.2, -0.15) is 0 Å². The van der Waals surface area contributed by atoms with Crippen molar-refractivity contribution in [3.05, 3.63) is 0 Å². The molecule has 0 fully saturated rings. The van der Waals surface area contributed by atoms with Gasteiger partial charge >= 0.3 is 5.97 Å². The number of esters is 1. The zero-order valence-electron chi connectivity index (χ0n) is 11.5. The Morgan fingerprint density at radius 1 is 1.80 bits per heavy atom. The summed E-state index contributed by atoms with van der Waals surface area (Å²) in [7, 11) is 0. The molecular weight excluding hydrogens is 154 g/mol. The van der Waals surface area contributed by atoms with E-state index < -0.39 is 25.2 Å². The van der Waals surface area contributed by atoms with E-state index in [0.29, 0.717) is 0 Å². The second-order valence-corrected chi connectivity index (χ2v) is 1.53. The van der Waals surface area contributed by atoms with Crippen LogP contribution in [0.5, 0.6) is 0 Å². The summed E-state index contributed by atoms with van der Waals surface area (Å²) >= 11 is 0. The van der Waals surface area contributed by atoms with Crippen LogP contribution in [0, 0.1) is 0 Å². The minimum absolute atomic E-state index is 0. The van der Waals surface area contributed by atoms with Crippen molar-refractivity contribution in [3.8, 4) is 0 Å². The smallest absolute Gasteiger partial charge is 0.325 e. The number of nitrogens with two attached hydrogens (primary N) is 1. The maximum atomic E-state index is 11.3. The summed E-state index contributed by atoms with van der Waals surface area (Å²) in [5.74, 6) is -1.44. The molecule has 0 heterocycles. The Hall–Kier alpha value is -0.280. The van der Waals surface area contributed by atoms with Crippen LogP contribution in [0.25, 0.3) is 0 Å². The molecular formula is C6H14ClNO2. The summed E-state index contributed by atoms with van der Waals surface area (Å²) in [4.78, 5) is 11.3. The fraction of sp³-hybridized carbons (Fsp3) is 0.833. The molecule has 0 aromatic heterocycles. The number of rotatable bonds is 2. The summed E-state index contributed by atoms with van der Waals surface area (Å²) in [5.41, 5.74) is 2.21. The predicted molar refractivity (Wildman–Crippen MR) is 42.1 cm³/mol. The molecule has 0 aromatic rings. The van der Waals surface area contributed by atoms with Gasteiger partial charge in [0.15, 0.2) is 0 Å². The van der Waals surface area contributed by atoms with Gasteiger partial charge in [0, 0.05) is 8.22 Å². The highest BCUT2D eigenvalue weighted by atomic mass is 35.5. The summed E-state index contributed by atoms with van der Waals surface area (Å²) in [5, 5.41) is 0. The van der Waals surface area contributed by atoms with Crippen molar-refractivity contribution in [2.24, 2.45) is 5.73 Å². The number of hydrogen-bond donors (Lipinski definition) is 1. The Morgan fingerprint density at radius 2 is 2.30 bits per heavy atom. The molecule has 2 N–H and O–H groups in total. The lowest BCUT2D eigenvalue weighted by Crippen LogP contribution is -2.42. The van der Waals surface area contributed by atoms with Gasteiger partial charge in [-0.1, -0.05) is 0 Å². The van der Waals surface area contributed by atoms with E-state index in [4.69, 9.17) is 14.0 Å². The van der Waals surface area contributed by atoms with Gasteiger partial charge in [-0.3, -0.25) is 4.79 Å². The Bertz CT molecular complexity index is 236. The van der Waals surface area contributed by atoms with Crippen LogP contribution in [-0.4, -0.2) is 18.1 Å². The van der Waals surface area contributed by atoms with E-state index in [9.17, 15) is 4.79 Å². The van der Waals surface area contributed by atoms with Gasteiger partial charge in [-0.15, -0.1) is 12.4 Å². The van der Waals surface area contributed by atoms with Crippen molar-refractivity contribution in [1.29, 1.82) is 0 Å². The normalized spacial score (nSPS) is 21.4. The topological polar surface area (TPSA) is 52.3 Å². The van der Waals surface area contributed by atoms with Gasteiger partial charge in [0.1, 0.15) is 5.54 Å². The lowest BCUT2D eigenvalue weighted by Gasteiger charge is -2.15. The van der Waals surface area contributed by atoms with E-state index in [1.165, 1.54) is 6.92 Å². The van der Waals surface area contributed by atoms with E-state index in [0.717, 1.165) is 0 Å². The van der Waals surface area contributed by atoms with E-state index in [-0.39, 0.29) is 19.0 Å². The molecule has 0 saturated carbocycles. The first-order valence-corrected chi connectivity index (χ1v) is 2.44. The van der Waals surface area contributed by atoms with Gasteiger partial charge in [-0.25, -0.2) is 0 Å². The molecule has 0 aliphatic heterocycles. The minimum Gasteiger partial charge on any atom is -0.465 e. The van der Waals surface area contributed by atoms with Crippen molar-refractivity contribution < 1.29 is 17.8 Å². The summed E-state index contributed by atoms with van der Waals surface area (Å²) in [6.45, 7) is -5.00. The van der Waals surface area contributed by atoms with Crippen molar-refractivity contribution >= 4 is 18.4 Å². The molecule has 0 aromatic carbocycles. The highest BCUT2D eigenvalue weighted by Gasteiger charge is 2.22. The first-order chi connectivity index (χ1) is 6.48. The lowest BCUT2D eigenvalue weighted by atomic mass is 10.1. The van der Waals surface area contributed by atoms with Gasteiger partial charge < -0.3 is 10.5 Å². The number of carbonyl (C=O) groups is 1. The average Bonchev–Trinajstić information content (AvgIpc) is 1.99. The number of carbonyl (C=O) groups excluding carboxylic acids is 1. The zero-order valence-corrected chi connectivity index (χ0v) is 6.33. The third-order valence-electron chi connectivity index (χ3n) is 0.597. The molecule has 3 nitrogen and oxygen atoms in total. The van der Waals surface area contributed by atoms with E-state index in [2.05, 4.69) is 4.74 Å². The van der Waals surface area contributed by atoms with Gasteiger partial charge in [0.25, 0.3) is 0 Å². The van der Waals surface area contributed by atoms with Crippen LogP contribution in [-0.2, 0) is 9.53 Å². The second-order valence-electron chi connectivity index (χ2n) is 1.53. The first-order valence-electron chi connectivity index (χ1n) is 5.44. The molecule has 0 radical (unpaired) electrons. The SMILES string of the molecule is Cl.[2H]C([2H])([2H])C(N)(C(=O)OCC)C([2H])([2H])[2H]. The standard InChI is InChI=1S/C6H13NO2.ClH/c1-4-9-5(8)6(2,3)7;/h4,7H2,1-3H3;1H/i2D3,3D3;. The van der Waals surface area contributed by atoms with E-state index in [1.54, 1.807) is 0 Å². The van der Waals surface area contributed by atoms with Crippen LogP contribution in [0.1, 0.15) is 28.9 Å². The van der Waals surface area contributed by atoms with Crippen molar-refractivity contribution in [3.63, 3.8) is 0 Å². The largest absolute Gasteiger partial charge is 0.465 e. The molecule has 0 spiro atoms. The number of hydrogen-bond acceptors (Lipinski definition) is 3. The molecule has 0 atom stereocenters. The minimum atomic E-state index is -3.15. The molecule has 4 heteroatoms. The number of halogens is 1. The molecule has 10 heavy (non-hydrogen) atoms. The fourth-order valence-electron chi connectivity index (χ4n) is 0.245. The van der Waals surface area contributed by atoms with Crippen LogP contribution < -0.4 is 5.73 Å². The Balaban J connectivity index is 0. The monoisotopic (exact) mass is 173 g/mol. The third-order valence-corrected chi connectivity index (χ3v) is 0.597. The zero-order chi connectivity index (χ0) is 12.5. The molecule has 0 aliphatic rings. The highest BCUT2D eigenvalue weighted by Crippen LogP contribution is 1.98. The molecule has 0 amide bonds. The van der Waals surface area contributed by atoms with Crippen molar-refractivity contribution in [2.75, 3.05) is 6.61 Å². The first kappa shape index (κ1) is 3.93. The third kappa shape index (κ3) is 4.58. The van der Waals surface area contributed by atoms with E-state index in [1.807, 2.05) is 0 Å². The maximum absolute atomic E-state index is 11.3. The van der Waals surface area contributed by atoms with Crippen molar-refractivity contribution in [2.45, 2.75) is 26.2 Å². The van der Waals surface area contributed by atoms with Crippen molar-refractivity contribution in [1.82, 2.24) is 0 Å².